The standard InChI is InChI=1S/C29H46O/c1-7-21(19(2)3)9-8-20(4)25-12-13-26-24-11-10-22-18-23(30)14-16-28(22,5)27(24)15-17-29(25,26)6/h8-10,15,19-21,23-26,30H,7,11-14,16-18H2,1-6H3. The van der Waals surface area contributed by atoms with E-state index in [9.17, 15) is 5.11 Å². The summed E-state index contributed by atoms with van der Waals surface area (Å²) in [5, 5.41) is 10.2. The fourth-order valence-corrected chi connectivity index (χ4v) is 8.13. The van der Waals surface area contributed by atoms with E-state index in [4.69, 9.17) is 0 Å². The predicted octanol–water partition coefficient (Wildman–Crippen LogP) is 7.72. The zero-order chi connectivity index (χ0) is 21.7. The van der Waals surface area contributed by atoms with Crippen molar-refractivity contribution in [1.29, 1.82) is 0 Å². The predicted molar refractivity (Wildman–Crippen MR) is 128 cm³/mol. The number of fused-ring (bicyclic) bond motifs is 5. The summed E-state index contributed by atoms with van der Waals surface area (Å²) in [7, 11) is 0. The molecule has 0 aromatic heterocycles. The van der Waals surface area contributed by atoms with Gasteiger partial charge in [0.1, 0.15) is 0 Å². The summed E-state index contributed by atoms with van der Waals surface area (Å²) in [4.78, 5) is 0. The first-order valence-electron chi connectivity index (χ1n) is 13.0. The van der Waals surface area contributed by atoms with Crippen molar-refractivity contribution >= 4 is 0 Å². The Labute approximate surface area is 186 Å². The SMILES string of the molecule is CCC(C=CC(C)C1CCC2C3CC=C4CC(O)CCC4(C)C3=CCC12C)C(C)C. The van der Waals surface area contributed by atoms with Gasteiger partial charge < -0.3 is 5.11 Å². The highest BCUT2D eigenvalue weighted by Crippen LogP contribution is 2.65. The molecule has 0 aromatic carbocycles. The smallest absolute Gasteiger partial charge is 0.0578 e. The molecule has 4 aliphatic rings. The Hall–Kier alpha value is -0.820. The van der Waals surface area contributed by atoms with Gasteiger partial charge in [0, 0.05) is 5.41 Å². The van der Waals surface area contributed by atoms with E-state index in [0.717, 1.165) is 48.9 Å². The topological polar surface area (TPSA) is 20.2 Å². The summed E-state index contributed by atoms with van der Waals surface area (Å²) >= 11 is 0. The Balaban J connectivity index is 1.55. The van der Waals surface area contributed by atoms with Crippen LogP contribution in [0.4, 0.5) is 0 Å². The van der Waals surface area contributed by atoms with E-state index in [1.54, 1.807) is 5.57 Å². The molecule has 2 saturated carbocycles. The summed E-state index contributed by atoms with van der Waals surface area (Å²) < 4.78 is 0. The maximum absolute atomic E-state index is 10.2. The molecular formula is C29H46O. The van der Waals surface area contributed by atoms with Crippen LogP contribution < -0.4 is 0 Å². The van der Waals surface area contributed by atoms with E-state index in [1.807, 2.05) is 0 Å². The Kier molecular flexibility index (Phi) is 6.17. The van der Waals surface area contributed by atoms with Crippen LogP contribution in [0, 0.1) is 46.3 Å². The lowest BCUT2D eigenvalue weighted by Gasteiger charge is -2.54. The molecule has 0 bridgehead atoms. The van der Waals surface area contributed by atoms with E-state index in [2.05, 4.69) is 65.8 Å². The monoisotopic (exact) mass is 410 g/mol. The van der Waals surface area contributed by atoms with Crippen molar-refractivity contribution in [2.75, 3.05) is 0 Å². The maximum atomic E-state index is 10.2. The molecule has 0 amide bonds. The zero-order valence-electron chi connectivity index (χ0n) is 20.5. The number of aliphatic hydroxyl groups excluding tert-OH is 1. The molecule has 0 saturated heterocycles. The van der Waals surface area contributed by atoms with E-state index < -0.39 is 0 Å². The van der Waals surface area contributed by atoms with Crippen LogP contribution in [0.3, 0.4) is 0 Å². The van der Waals surface area contributed by atoms with Crippen LogP contribution in [0.5, 0.6) is 0 Å². The van der Waals surface area contributed by atoms with Crippen molar-refractivity contribution in [3.63, 3.8) is 0 Å². The first-order chi connectivity index (χ1) is 14.2. The van der Waals surface area contributed by atoms with Gasteiger partial charge in [-0.1, -0.05) is 77.0 Å². The van der Waals surface area contributed by atoms with E-state index in [-0.39, 0.29) is 11.5 Å². The van der Waals surface area contributed by atoms with Crippen molar-refractivity contribution in [3.05, 3.63) is 35.5 Å². The van der Waals surface area contributed by atoms with Crippen LogP contribution in [0.25, 0.3) is 0 Å². The number of hydrogen-bond donors (Lipinski definition) is 1. The molecule has 0 radical (unpaired) electrons. The first-order valence-corrected chi connectivity index (χ1v) is 13.0. The van der Waals surface area contributed by atoms with Gasteiger partial charge in [0.2, 0.25) is 0 Å². The Morgan fingerprint density at radius 2 is 1.87 bits per heavy atom. The summed E-state index contributed by atoms with van der Waals surface area (Å²) in [6.45, 7) is 14.6. The molecule has 2 fully saturated rings. The van der Waals surface area contributed by atoms with Gasteiger partial charge in [0.05, 0.1) is 6.10 Å². The highest BCUT2D eigenvalue weighted by molar-refractivity contribution is 5.39. The fraction of sp³-hybridized carbons (Fsp3) is 0.793. The quantitative estimate of drug-likeness (QED) is 0.460. The van der Waals surface area contributed by atoms with Gasteiger partial charge in [-0.15, -0.1) is 0 Å². The van der Waals surface area contributed by atoms with Gasteiger partial charge >= 0.3 is 0 Å². The van der Waals surface area contributed by atoms with Crippen molar-refractivity contribution in [3.8, 4) is 0 Å². The second kappa shape index (κ2) is 8.27. The fourth-order valence-electron chi connectivity index (χ4n) is 8.13. The molecule has 0 aromatic rings. The Morgan fingerprint density at radius 1 is 1.10 bits per heavy atom. The molecule has 8 unspecified atom stereocenters. The summed E-state index contributed by atoms with van der Waals surface area (Å²) in [5.41, 5.74) is 3.98. The largest absolute Gasteiger partial charge is 0.393 e. The Bertz CT molecular complexity index is 727. The maximum Gasteiger partial charge on any atom is 0.0578 e. The average molecular weight is 411 g/mol. The number of aliphatic hydroxyl groups is 1. The minimum atomic E-state index is -0.114. The molecule has 8 atom stereocenters. The van der Waals surface area contributed by atoms with Crippen molar-refractivity contribution in [1.82, 2.24) is 0 Å². The van der Waals surface area contributed by atoms with Crippen molar-refractivity contribution < 1.29 is 5.11 Å². The number of rotatable bonds is 5. The van der Waals surface area contributed by atoms with Crippen molar-refractivity contribution in [2.45, 2.75) is 99.0 Å². The lowest BCUT2D eigenvalue weighted by molar-refractivity contribution is 0.0664. The van der Waals surface area contributed by atoms with Crippen molar-refractivity contribution in [2.24, 2.45) is 46.3 Å². The van der Waals surface area contributed by atoms with Crippen LogP contribution in [0.2, 0.25) is 0 Å². The van der Waals surface area contributed by atoms with E-state index in [1.165, 1.54) is 37.7 Å². The second-order valence-corrected chi connectivity index (χ2v) is 12.0. The van der Waals surface area contributed by atoms with Gasteiger partial charge in [0.15, 0.2) is 0 Å². The summed E-state index contributed by atoms with van der Waals surface area (Å²) in [5.74, 6) is 4.53. The van der Waals surface area contributed by atoms with Gasteiger partial charge in [-0.25, -0.2) is 0 Å². The lowest BCUT2D eigenvalue weighted by atomic mass is 9.51. The van der Waals surface area contributed by atoms with Crippen LogP contribution >= 0.6 is 0 Å². The molecule has 0 spiro atoms. The molecule has 30 heavy (non-hydrogen) atoms. The van der Waals surface area contributed by atoms with Gasteiger partial charge in [-0.05, 0) is 92.3 Å². The molecule has 0 aliphatic heterocycles. The van der Waals surface area contributed by atoms with Crippen LogP contribution in [0.1, 0.15) is 92.9 Å². The number of hydrogen-bond acceptors (Lipinski definition) is 1. The highest BCUT2D eigenvalue weighted by atomic mass is 16.3. The molecule has 4 rings (SSSR count). The minimum Gasteiger partial charge on any atom is -0.393 e. The van der Waals surface area contributed by atoms with Crippen LogP contribution in [-0.2, 0) is 0 Å². The van der Waals surface area contributed by atoms with Crippen LogP contribution in [0.15, 0.2) is 35.5 Å². The third-order valence-electron chi connectivity index (χ3n) is 10.2. The molecule has 1 N–H and O–H groups in total. The number of allylic oxidation sites excluding steroid dienone is 5. The van der Waals surface area contributed by atoms with Crippen LogP contribution in [-0.4, -0.2) is 11.2 Å². The molecule has 0 heterocycles. The molecule has 168 valence electrons. The first kappa shape index (κ1) is 22.4. The third-order valence-corrected chi connectivity index (χ3v) is 10.2. The normalized spacial score (nSPS) is 42.9. The second-order valence-electron chi connectivity index (χ2n) is 12.0. The molecule has 1 nitrogen and oxygen atoms in total. The van der Waals surface area contributed by atoms with E-state index in [0.29, 0.717) is 11.3 Å². The molecular weight excluding hydrogens is 364 g/mol. The zero-order valence-corrected chi connectivity index (χ0v) is 20.5. The lowest BCUT2D eigenvalue weighted by Crippen LogP contribution is -2.45. The summed E-state index contributed by atoms with van der Waals surface area (Å²) in [6.07, 6.45) is 19.8. The third kappa shape index (κ3) is 3.58. The Morgan fingerprint density at radius 3 is 2.57 bits per heavy atom. The summed E-state index contributed by atoms with van der Waals surface area (Å²) in [6, 6.07) is 0. The highest BCUT2D eigenvalue weighted by Gasteiger charge is 2.56. The molecule has 1 heteroatoms. The van der Waals surface area contributed by atoms with E-state index >= 15 is 0 Å². The minimum absolute atomic E-state index is 0.114. The van der Waals surface area contributed by atoms with Gasteiger partial charge in [-0.2, -0.15) is 0 Å². The molecule has 4 aliphatic carbocycles. The van der Waals surface area contributed by atoms with Gasteiger partial charge in [-0.3, -0.25) is 0 Å². The average Bonchev–Trinajstić information content (AvgIpc) is 3.06. The van der Waals surface area contributed by atoms with Gasteiger partial charge in [0.25, 0.3) is 0 Å².